The molecule has 21 heavy (non-hydrogen) atoms. The molecule has 1 amide bonds. The lowest BCUT2D eigenvalue weighted by Crippen LogP contribution is -2.56. The highest BCUT2D eigenvalue weighted by Crippen LogP contribution is 2.24. The number of nitrogens with one attached hydrogen (secondary N) is 1. The monoisotopic (exact) mass is 294 g/mol. The number of carbonyl (C=O) groups is 1. The summed E-state index contributed by atoms with van der Waals surface area (Å²) in [7, 11) is 0. The summed E-state index contributed by atoms with van der Waals surface area (Å²) in [6.07, 6.45) is -0.194. The van der Waals surface area contributed by atoms with E-state index < -0.39 is 5.54 Å². The first kappa shape index (κ1) is 15.9. The number of amides is 1. The van der Waals surface area contributed by atoms with Crippen LogP contribution in [0.15, 0.2) is 24.3 Å². The second-order valence-electron chi connectivity index (χ2n) is 5.82. The van der Waals surface area contributed by atoms with Crippen LogP contribution >= 0.6 is 0 Å². The Morgan fingerprint density at radius 1 is 1.43 bits per heavy atom. The molecular formula is C16H23FN2O2. The van der Waals surface area contributed by atoms with Gasteiger partial charge in [0.1, 0.15) is 11.9 Å². The Balaban J connectivity index is 2.07. The van der Waals surface area contributed by atoms with Crippen molar-refractivity contribution < 1.29 is 13.9 Å². The molecule has 0 bridgehead atoms. The van der Waals surface area contributed by atoms with Crippen molar-refractivity contribution in [1.29, 1.82) is 0 Å². The van der Waals surface area contributed by atoms with Crippen LogP contribution in [0.3, 0.4) is 0 Å². The van der Waals surface area contributed by atoms with Crippen molar-refractivity contribution in [2.45, 2.75) is 32.4 Å². The number of morpholine rings is 1. The molecule has 1 aliphatic rings. The van der Waals surface area contributed by atoms with Gasteiger partial charge in [0.15, 0.2) is 0 Å². The number of hydrogen-bond acceptors (Lipinski definition) is 3. The van der Waals surface area contributed by atoms with Crippen LogP contribution in [0.2, 0.25) is 0 Å². The van der Waals surface area contributed by atoms with Gasteiger partial charge in [-0.3, -0.25) is 4.79 Å². The quantitative estimate of drug-likeness (QED) is 0.925. The van der Waals surface area contributed by atoms with E-state index in [0.717, 1.165) is 12.1 Å². The van der Waals surface area contributed by atoms with E-state index in [1.807, 2.05) is 25.7 Å². The molecule has 116 valence electrons. The Labute approximate surface area is 125 Å². The molecule has 0 spiro atoms. The first-order valence-corrected chi connectivity index (χ1v) is 7.35. The van der Waals surface area contributed by atoms with Gasteiger partial charge in [0.05, 0.1) is 18.7 Å². The highest BCUT2D eigenvalue weighted by atomic mass is 19.1. The highest BCUT2D eigenvalue weighted by Gasteiger charge is 2.34. The van der Waals surface area contributed by atoms with Gasteiger partial charge in [0.25, 0.3) is 0 Å². The largest absolute Gasteiger partial charge is 0.370 e. The summed E-state index contributed by atoms with van der Waals surface area (Å²) in [5, 5.41) is 3.20. The number of likely N-dealkylation sites (N-methyl/N-ethyl adjacent to an activating group) is 1. The fourth-order valence-corrected chi connectivity index (χ4v) is 2.63. The van der Waals surface area contributed by atoms with Crippen molar-refractivity contribution in [2.75, 3.05) is 26.2 Å². The summed E-state index contributed by atoms with van der Waals surface area (Å²) in [6, 6.07) is 6.26. The molecule has 1 fully saturated rings. The minimum Gasteiger partial charge on any atom is -0.370 e. The lowest BCUT2D eigenvalue weighted by atomic mass is 10.0. The molecule has 0 radical (unpaired) electrons. The van der Waals surface area contributed by atoms with Gasteiger partial charge in [-0.15, -0.1) is 0 Å². The van der Waals surface area contributed by atoms with Crippen LogP contribution in [0, 0.1) is 5.82 Å². The minimum atomic E-state index is -0.584. The molecular weight excluding hydrogens is 271 g/mol. The molecule has 2 rings (SSSR count). The molecule has 0 aliphatic carbocycles. The summed E-state index contributed by atoms with van der Waals surface area (Å²) in [5.41, 5.74) is 0.314. The number of ether oxygens (including phenoxy) is 1. The summed E-state index contributed by atoms with van der Waals surface area (Å²) in [5.74, 6) is -0.199. The Bertz CT molecular complexity index is 488. The van der Waals surface area contributed by atoms with Crippen LogP contribution < -0.4 is 5.32 Å². The summed E-state index contributed by atoms with van der Waals surface area (Å²) >= 11 is 0. The highest BCUT2D eigenvalue weighted by molar-refractivity contribution is 5.85. The van der Waals surface area contributed by atoms with Crippen LogP contribution in [0.4, 0.5) is 4.39 Å². The maximum Gasteiger partial charge on any atom is 0.242 e. The van der Waals surface area contributed by atoms with E-state index in [1.165, 1.54) is 12.1 Å². The molecule has 1 unspecified atom stereocenters. The van der Waals surface area contributed by atoms with Crippen LogP contribution in [0.25, 0.3) is 0 Å². The molecule has 0 saturated carbocycles. The SMILES string of the molecule is CCNC(C)(C)C(=O)N1CCOC(c2ccc(F)cc2)C1. The third-order valence-electron chi connectivity index (χ3n) is 3.75. The Hall–Kier alpha value is -1.46. The molecule has 1 aromatic rings. The maximum atomic E-state index is 13.0. The first-order chi connectivity index (χ1) is 9.94. The van der Waals surface area contributed by atoms with Crippen LogP contribution in [-0.2, 0) is 9.53 Å². The van der Waals surface area contributed by atoms with Crippen LogP contribution in [-0.4, -0.2) is 42.6 Å². The Morgan fingerprint density at radius 2 is 2.10 bits per heavy atom. The maximum absolute atomic E-state index is 13.0. The number of rotatable bonds is 4. The molecule has 1 aliphatic heterocycles. The summed E-state index contributed by atoms with van der Waals surface area (Å²) in [4.78, 5) is 14.4. The van der Waals surface area contributed by atoms with Gasteiger partial charge >= 0.3 is 0 Å². The lowest BCUT2D eigenvalue weighted by molar-refractivity contribution is -0.144. The van der Waals surface area contributed by atoms with Gasteiger partial charge in [-0.05, 0) is 38.1 Å². The standard InChI is InChI=1S/C16H23FN2O2/c1-4-18-16(2,3)15(20)19-9-10-21-14(11-19)12-5-7-13(17)8-6-12/h5-8,14,18H,4,9-11H2,1-3H3. The molecule has 1 atom stereocenters. The zero-order valence-electron chi connectivity index (χ0n) is 12.9. The Kier molecular flexibility index (Phi) is 4.96. The van der Waals surface area contributed by atoms with Crippen molar-refractivity contribution in [3.63, 3.8) is 0 Å². The van der Waals surface area contributed by atoms with Crippen molar-refractivity contribution in [3.8, 4) is 0 Å². The molecule has 1 N–H and O–H groups in total. The zero-order valence-corrected chi connectivity index (χ0v) is 12.9. The average molecular weight is 294 g/mol. The number of halogens is 1. The van der Waals surface area contributed by atoms with E-state index >= 15 is 0 Å². The molecule has 1 heterocycles. The number of nitrogens with zero attached hydrogens (tertiary/aromatic N) is 1. The smallest absolute Gasteiger partial charge is 0.242 e. The Morgan fingerprint density at radius 3 is 2.71 bits per heavy atom. The van der Waals surface area contributed by atoms with Crippen molar-refractivity contribution in [1.82, 2.24) is 10.2 Å². The summed E-state index contributed by atoms with van der Waals surface area (Å²) < 4.78 is 18.7. The fraction of sp³-hybridized carbons (Fsp3) is 0.562. The number of carbonyl (C=O) groups excluding carboxylic acids is 1. The van der Waals surface area contributed by atoms with Crippen molar-refractivity contribution >= 4 is 5.91 Å². The van der Waals surface area contributed by atoms with Gasteiger partial charge < -0.3 is 15.0 Å². The van der Waals surface area contributed by atoms with Crippen molar-refractivity contribution in [2.24, 2.45) is 0 Å². The molecule has 4 nitrogen and oxygen atoms in total. The minimum absolute atomic E-state index is 0.0692. The third kappa shape index (κ3) is 3.80. The van der Waals surface area contributed by atoms with E-state index in [0.29, 0.717) is 19.7 Å². The predicted molar refractivity (Wildman–Crippen MR) is 79.4 cm³/mol. The molecule has 0 aromatic heterocycles. The van der Waals surface area contributed by atoms with Gasteiger partial charge in [-0.25, -0.2) is 4.39 Å². The number of hydrogen-bond donors (Lipinski definition) is 1. The third-order valence-corrected chi connectivity index (χ3v) is 3.75. The van der Waals surface area contributed by atoms with E-state index in [2.05, 4.69) is 5.32 Å². The van der Waals surface area contributed by atoms with Crippen LogP contribution in [0.1, 0.15) is 32.4 Å². The fourth-order valence-electron chi connectivity index (χ4n) is 2.63. The second-order valence-corrected chi connectivity index (χ2v) is 5.82. The van der Waals surface area contributed by atoms with Gasteiger partial charge in [0.2, 0.25) is 5.91 Å². The van der Waals surface area contributed by atoms with E-state index in [9.17, 15) is 9.18 Å². The second kappa shape index (κ2) is 6.54. The summed E-state index contributed by atoms with van der Waals surface area (Å²) in [6.45, 7) is 8.09. The average Bonchev–Trinajstić information content (AvgIpc) is 2.47. The van der Waals surface area contributed by atoms with Gasteiger partial charge in [-0.2, -0.15) is 0 Å². The van der Waals surface area contributed by atoms with E-state index in [-0.39, 0.29) is 17.8 Å². The molecule has 5 heteroatoms. The molecule has 1 saturated heterocycles. The van der Waals surface area contributed by atoms with Gasteiger partial charge in [0, 0.05) is 6.54 Å². The lowest BCUT2D eigenvalue weighted by Gasteiger charge is -2.38. The normalized spacial score (nSPS) is 19.6. The first-order valence-electron chi connectivity index (χ1n) is 7.35. The van der Waals surface area contributed by atoms with E-state index in [1.54, 1.807) is 12.1 Å². The predicted octanol–water partition coefficient (Wildman–Crippen LogP) is 2.11. The van der Waals surface area contributed by atoms with E-state index in [4.69, 9.17) is 4.74 Å². The van der Waals surface area contributed by atoms with Crippen molar-refractivity contribution in [3.05, 3.63) is 35.6 Å². The number of benzene rings is 1. The van der Waals surface area contributed by atoms with Crippen LogP contribution in [0.5, 0.6) is 0 Å². The molecule has 1 aromatic carbocycles. The zero-order chi connectivity index (χ0) is 15.5. The van der Waals surface area contributed by atoms with Gasteiger partial charge in [-0.1, -0.05) is 19.1 Å². The topological polar surface area (TPSA) is 41.6 Å².